The van der Waals surface area contributed by atoms with Crippen LogP contribution in [0.5, 0.6) is 0 Å². The topological polar surface area (TPSA) is 97.1 Å². The maximum absolute atomic E-state index is 11.8. The second kappa shape index (κ2) is 5.96. The van der Waals surface area contributed by atoms with Crippen LogP contribution in [0.4, 0.5) is 0 Å². The van der Waals surface area contributed by atoms with Crippen LogP contribution in [0.3, 0.4) is 0 Å². The molecular weight excluding hydrogens is 260 g/mol. The fourth-order valence-corrected chi connectivity index (χ4v) is 1.71. The number of aryl methyl sites for hydroxylation is 1. The first kappa shape index (κ1) is 13.7. The lowest BCUT2D eigenvalue weighted by Crippen LogP contribution is -2.26. The van der Waals surface area contributed by atoms with Gasteiger partial charge in [-0.25, -0.2) is 9.78 Å². The van der Waals surface area contributed by atoms with E-state index in [1.165, 1.54) is 18.3 Å². The summed E-state index contributed by atoms with van der Waals surface area (Å²) in [4.78, 5) is 26.2. The molecule has 1 amide bonds. The number of nitrogens with zero attached hydrogens (tertiary/aromatic N) is 3. The van der Waals surface area contributed by atoms with E-state index in [1.807, 2.05) is 13.1 Å². The van der Waals surface area contributed by atoms with Crippen molar-refractivity contribution in [3.8, 4) is 0 Å². The molecule has 0 unspecified atom stereocenters. The summed E-state index contributed by atoms with van der Waals surface area (Å²) < 4.78 is 1.75. The van der Waals surface area contributed by atoms with Crippen molar-refractivity contribution in [2.75, 3.05) is 6.54 Å². The van der Waals surface area contributed by atoms with Crippen molar-refractivity contribution in [1.82, 2.24) is 20.1 Å². The number of rotatable bonds is 5. The van der Waals surface area contributed by atoms with Gasteiger partial charge < -0.3 is 10.4 Å². The molecule has 0 atom stereocenters. The SMILES string of the molecule is Cn1nccc1CCNC(=O)c1ccc(C(=O)O)nc1. The van der Waals surface area contributed by atoms with Crippen LogP contribution in [-0.2, 0) is 13.5 Å². The predicted octanol–water partition coefficient (Wildman–Crippen LogP) is 0.486. The van der Waals surface area contributed by atoms with Crippen molar-refractivity contribution in [3.63, 3.8) is 0 Å². The highest BCUT2D eigenvalue weighted by molar-refractivity contribution is 5.94. The van der Waals surface area contributed by atoms with E-state index < -0.39 is 5.97 Å². The lowest BCUT2D eigenvalue weighted by Gasteiger charge is -2.05. The normalized spacial score (nSPS) is 10.2. The molecule has 0 bridgehead atoms. The fraction of sp³-hybridized carbons (Fsp3) is 0.231. The third-order valence-electron chi connectivity index (χ3n) is 2.83. The first-order valence-corrected chi connectivity index (χ1v) is 6.02. The summed E-state index contributed by atoms with van der Waals surface area (Å²) in [5, 5.41) is 15.5. The van der Waals surface area contributed by atoms with Crippen molar-refractivity contribution >= 4 is 11.9 Å². The van der Waals surface area contributed by atoms with Gasteiger partial charge >= 0.3 is 5.97 Å². The first-order valence-electron chi connectivity index (χ1n) is 6.02. The third kappa shape index (κ3) is 3.19. The number of amides is 1. The number of carbonyl (C=O) groups excluding carboxylic acids is 1. The number of aromatic carboxylic acids is 1. The number of aromatic nitrogens is 3. The zero-order valence-corrected chi connectivity index (χ0v) is 10.9. The van der Waals surface area contributed by atoms with Crippen LogP contribution in [0.25, 0.3) is 0 Å². The van der Waals surface area contributed by atoms with Crippen molar-refractivity contribution in [2.24, 2.45) is 7.05 Å². The molecule has 0 aliphatic carbocycles. The summed E-state index contributed by atoms with van der Waals surface area (Å²) in [5.41, 5.74) is 1.26. The van der Waals surface area contributed by atoms with Crippen LogP contribution in [0.15, 0.2) is 30.6 Å². The summed E-state index contributed by atoms with van der Waals surface area (Å²) in [5.74, 6) is -1.40. The van der Waals surface area contributed by atoms with Crippen LogP contribution >= 0.6 is 0 Å². The Morgan fingerprint density at radius 1 is 1.35 bits per heavy atom. The van der Waals surface area contributed by atoms with Crippen molar-refractivity contribution in [2.45, 2.75) is 6.42 Å². The number of carboxylic acids is 1. The zero-order chi connectivity index (χ0) is 14.5. The average molecular weight is 274 g/mol. The average Bonchev–Trinajstić information content (AvgIpc) is 2.84. The molecule has 0 radical (unpaired) electrons. The molecule has 7 nitrogen and oxygen atoms in total. The Bertz CT molecular complexity index is 619. The first-order chi connectivity index (χ1) is 9.58. The Labute approximate surface area is 115 Å². The molecule has 0 saturated heterocycles. The number of hydrogen-bond acceptors (Lipinski definition) is 4. The van der Waals surface area contributed by atoms with Gasteiger partial charge in [0, 0.05) is 38.1 Å². The van der Waals surface area contributed by atoms with Crippen LogP contribution in [0.1, 0.15) is 26.5 Å². The highest BCUT2D eigenvalue weighted by Gasteiger charge is 2.09. The lowest BCUT2D eigenvalue weighted by atomic mass is 10.2. The smallest absolute Gasteiger partial charge is 0.354 e. The Morgan fingerprint density at radius 3 is 2.70 bits per heavy atom. The molecule has 0 aromatic carbocycles. The molecule has 20 heavy (non-hydrogen) atoms. The molecule has 0 aliphatic rings. The monoisotopic (exact) mass is 274 g/mol. The molecule has 0 aliphatic heterocycles. The highest BCUT2D eigenvalue weighted by atomic mass is 16.4. The van der Waals surface area contributed by atoms with Gasteiger partial charge in [0.05, 0.1) is 5.56 Å². The molecular formula is C13H14N4O3. The number of nitrogens with one attached hydrogen (secondary N) is 1. The van der Waals surface area contributed by atoms with E-state index in [9.17, 15) is 9.59 Å². The molecule has 2 aromatic heterocycles. The predicted molar refractivity (Wildman–Crippen MR) is 70.4 cm³/mol. The summed E-state index contributed by atoms with van der Waals surface area (Å²) >= 11 is 0. The van der Waals surface area contributed by atoms with E-state index in [0.29, 0.717) is 18.5 Å². The maximum atomic E-state index is 11.8. The lowest BCUT2D eigenvalue weighted by molar-refractivity contribution is 0.0689. The molecule has 2 aromatic rings. The summed E-state index contributed by atoms with van der Waals surface area (Å²) in [7, 11) is 1.84. The van der Waals surface area contributed by atoms with Gasteiger partial charge in [-0.1, -0.05) is 0 Å². The van der Waals surface area contributed by atoms with E-state index in [1.54, 1.807) is 10.9 Å². The van der Waals surface area contributed by atoms with E-state index in [-0.39, 0.29) is 11.6 Å². The number of carboxylic acid groups (broad SMARTS) is 1. The molecule has 7 heteroatoms. The van der Waals surface area contributed by atoms with Gasteiger partial charge in [-0.3, -0.25) is 9.48 Å². The van der Waals surface area contributed by atoms with Crippen molar-refractivity contribution in [1.29, 1.82) is 0 Å². The summed E-state index contributed by atoms with van der Waals surface area (Å²) in [6, 6.07) is 4.63. The Balaban J connectivity index is 1.88. The quantitative estimate of drug-likeness (QED) is 0.826. The molecule has 2 N–H and O–H groups in total. The maximum Gasteiger partial charge on any atom is 0.354 e. The van der Waals surface area contributed by atoms with Crippen LogP contribution < -0.4 is 5.32 Å². The number of pyridine rings is 1. The molecule has 104 valence electrons. The van der Waals surface area contributed by atoms with Gasteiger partial charge in [-0.15, -0.1) is 0 Å². The van der Waals surface area contributed by atoms with Crippen LogP contribution in [0, 0.1) is 0 Å². The zero-order valence-electron chi connectivity index (χ0n) is 10.9. The Morgan fingerprint density at radius 2 is 2.15 bits per heavy atom. The number of carbonyl (C=O) groups is 2. The van der Waals surface area contributed by atoms with Gasteiger partial charge in [0.25, 0.3) is 5.91 Å². The van der Waals surface area contributed by atoms with Crippen LogP contribution in [0.2, 0.25) is 0 Å². The molecule has 2 rings (SSSR count). The standard InChI is InChI=1S/C13H14N4O3/c1-17-10(5-7-16-17)4-6-14-12(18)9-2-3-11(13(19)20)15-8-9/h2-3,5,7-8H,4,6H2,1H3,(H,14,18)(H,19,20). The Kier molecular flexibility index (Phi) is 4.09. The van der Waals surface area contributed by atoms with Crippen molar-refractivity contribution in [3.05, 3.63) is 47.5 Å². The minimum atomic E-state index is -1.12. The van der Waals surface area contributed by atoms with Gasteiger partial charge in [0.1, 0.15) is 5.69 Å². The number of hydrogen-bond donors (Lipinski definition) is 2. The largest absolute Gasteiger partial charge is 0.477 e. The van der Waals surface area contributed by atoms with Gasteiger partial charge in [0.2, 0.25) is 0 Å². The van der Waals surface area contributed by atoms with Crippen molar-refractivity contribution < 1.29 is 14.7 Å². The summed E-state index contributed by atoms with van der Waals surface area (Å²) in [6.07, 6.45) is 3.62. The second-order valence-corrected chi connectivity index (χ2v) is 4.19. The highest BCUT2D eigenvalue weighted by Crippen LogP contribution is 2.01. The second-order valence-electron chi connectivity index (χ2n) is 4.19. The van der Waals surface area contributed by atoms with Gasteiger partial charge in [0.15, 0.2) is 0 Å². The van der Waals surface area contributed by atoms with Gasteiger partial charge in [-0.2, -0.15) is 5.10 Å². The molecule has 2 heterocycles. The molecule has 0 spiro atoms. The molecule has 0 fully saturated rings. The van der Waals surface area contributed by atoms with E-state index >= 15 is 0 Å². The third-order valence-corrected chi connectivity index (χ3v) is 2.83. The summed E-state index contributed by atoms with van der Waals surface area (Å²) in [6.45, 7) is 0.471. The van der Waals surface area contributed by atoms with E-state index in [4.69, 9.17) is 5.11 Å². The minimum absolute atomic E-state index is 0.0866. The Hall–Kier alpha value is -2.70. The van der Waals surface area contributed by atoms with E-state index in [2.05, 4.69) is 15.4 Å². The fourth-order valence-electron chi connectivity index (χ4n) is 1.71. The van der Waals surface area contributed by atoms with Gasteiger partial charge in [-0.05, 0) is 18.2 Å². The van der Waals surface area contributed by atoms with E-state index in [0.717, 1.165) is 5.69 Å². The minimum Gasteiger partial charge on any atom is -0.477 e. The molecule has 0 saturated carbocycles. The van der Waals surface area contributed by atoms with Crippen LogP contribution in [-0.4, -0.2) is 38.3 Å².